The van der Waals surface area contributed by atoms with Gasteiger partial charge in [-0.2, -0.15) is 5.10 Å². The van der Waals surface area contributed by atoms with Gasteiger partial charge in [-0.1, -0.05) is 63.9 Å². The van der Waals surface area contributed by atoms with Gasteiger partial charge < -0.3 is 5.43 Å². The number of nitrogens with one attached hydrogen (secondary N) is 1. The summed E-state index contributed by atoms with van der Waals surface area (Å²) in [7, 11) is 0. The maximum absolute atomic E-state index is 4.80. The summed E-state index contributed by atoms with van der Waals surface area (Å²) in [5, 5.41) is 4.80. The molecule has 23 heavy (non-hydrogen) atoms. The van der Waals surface area contributed by atoms with E-state index in [-0.39, 0.29) is 4.70 Å². The summed E-state index contributed by atoms with van der Waals surface area (Å²) < 4.78 is 0. The first-order valence-electron chi connectivity index (χ1n) is 9.95. The fourth-order valence-electron chi connectivity index (χ4n) is 3.63. The summed E-state index contributed by atoms with van der Waals surface area (Å²) in [6, 6.07) is 0. The monoisotopic (exact) mass is 324 g/mol. The molecule has 1 aliphatic heterocycles. The van der Waals surface area contributed by atoms with Crippen molar-refractivity contribution >= 4 is 5.71 Å². The summed E-state index contributed by atoms with van der Waals surface area (Å²) in [5.41, 5.74) is 6.29. The molecule has 0 aromatic heterocycles. The predicted octanol–water partition coefficient (Wildman–Crippen LogP) is 6.28. The molecule has 0 fully saturated rings. The van der Waals surface area contributed by atoms with Crippen LogP contribution in [0.3, 0.4) is 0 Å². The van der Waals surface area contributed by atoms with Crippen molar-refractivity contribution in [3.8, 4) is 0 Å². The molecule has 0 aromatic rings. The van der Waals surface area contributed by atoms with Crippen molar-refractivity contribution in [1.82, 2.24) is 5.43 Å². The molecule has 1 heterocycles. The number of hydrazone groups is 1. The Morgan fingerprint density at radius 3 is 1.96 bits per heavy atom. The molecule has 1 aliphatic carbocycles. The Bertz CT molecular complexity index is 316. The average molecular weight is 325 g/mol. The van der Waals surface area contributed by atoms with Crippen molar-refractivity contribution in [2.45, 2.75) is 103 Å². The van der Waals surface area contributed by atoms with E-state index < -0.39 is 0 Å². The van der Waals surface area contributed by atoms with E-state index in [1.165, 1.54) is 108 Å². The Morgan fingerprint density at radius 2 is 1.22 bits per heavy atom. The highest BCUT2D eigenvalue weighted by atomic mass is 19.0. The Labute approximate surface area is 142 Å². The molecule has 0 amide bonds. The summed E-state index contributed by atoms with van der Waals surface area (Å²) >= 11 is 0. The van der Waals surface area contributed by atoms with E-state index in [1.54, 1.807) is 5.57 Å². The van der Waals surface area contributed by atoms with Crippen LogP contribution in [0.2, 0.25) is 0 Å². The number of hydrogen-bond donors (Lipinski definition) is 1. The van der Waals surface area contributed by atoms with E-state index in [0.717, 1.165) is 6.54 Å². The molecule has 134 valence electrons. The lowest BCUT2D eigenvalue weighted by Gasteiger charge is -2.12. The third kappa shape index (κ3) is 9.12. The minimum Gasteiger partial charge on any atom is -0.310 e. The van der Waals surface area contributed by atoms with Gasteiger partial charge in [0.25, 0.3) is 0 Å². The van der Waals surface area contributed by atoms with Crippen LogP contribution in [0.25, 0.3) is 0 Å². The maximum atomic E-state index is 4.80. The first kappa shape index (κ1) is 20.2. The van der Waals surface area contributed by atoms with Crippen LogP contribution in [0.5, 0.6) is 0 Å². The third-order valence-corrected chi connectivity index (χ3v) is 5.08. The first-order valence-corrected chi connectivity index (χ1v) is 9.95. The quantitative estimate of drug-likeness (QED) is 0.603. The fourth-order valence-corrected chi connectivity index (χ4v) is 3.63. The highest BCUT2D eigenvalue weighted by Gasteiger charge is 2.09. The molecular weight excluding hydrogens is 287 g/mol. The topological polar surface area (TPSA) is 24.4 Å². The van der Waals surface area contributed by atoms with Gasteiger partial charge in [0.1, 0.15) is 0 Å². The molecule has 0 aromatic carbocycles. The minimum atomic E-state index is 0. The van der Waals surface area contributed by atoms with Crippen LogP contribution in [0.4, 0.5) is 4.70 Å². The van der Waals surface area contributed by atoms with Crippen LogP contribution in [-0.4, -0.2) is 12.3 Å². The number of halogens is 1. The van der Waals surface area contributed by atoms with Crippen molar-refractivity contribution in [3.63, 3.8) is 0 Å². The number of rotatable bonds is 1. The predicted molar refractivity (Wildman–Crippen MR) is 99.9 cm³/mol. The molecule has 2 nitrogen and oxygen atoms in total. The Kier molecular flexibility index (Phi) is 11.9. The van der Waals surface area contributed by atoms with Crippen LogP contribution in [0, 0.1) is 0 Å². The second-order valence-electron chi connectivity index (χ2n) is 7.08. The smallest absolute Gasteiger partial charge is 0.0631 e. The van der Waals surface area contributed by atoms with Gasteiger partial charge in [-0.25, -0.2) is 0 Å². The molecular formula is C20H37FN2. The zero-order valence-electron chi connectivity index (χ0n) is 15.0. The van der Waals surface area contributed by atoms with E-state index in [0.29, 0.717) is 0 Å². The molecule has 0 bridgehead atoms. The first-order chi connectivity index (χ1) is 11.0. The SMILES string of the molecule is C1=C(C2=NNCCCCCCCC2)CCCCCCCCC1.F. The zero-order chi connectivity index (χ0) is 15.3. The Balaban J connectivity index is 0.00000264. The molecule has 0 spiro atoms. The number of hydrogen-bond acceptors (Lipinski definition) is 2. The van der Waals surface area contributed by atoms with Crippen molar-refractivity contribution in [1.29, 1.82) is 0 Å². The molecule has 0 radical (unpaired) electrons. The van der Waals surface area contributed by atoms with Crippen molar-refractivity contribution in [3.05, 3.63) is 11.6 Å². The van der Waals surface area contributed by atoms with Crippen LogP contribution < -0.4 is 5.43 Å². The van der Waals surface area contributed by atoms with E-state index >= 15 is 0 Å². The van der Waals surface area contributed by atoms with Gasteiger partial charge >= 0.3 is 0 Å². The standard InChI is InChI=1S/C20H36N2.FH/c1-2-4-8-12-16-19(15-11-7-3-1)20-17-13-9-5-6-10-14-18-21-22-20;/h15,21H,1-14,16-18H2;1H. The average Bonchev–Trinajstić information content (AvgIpc) is 2.64. The summed E-state index contributed by atoms with van der Waals surface area (Å²) in [6.45, 7) is 1.05. The molecule has 2 aliphatic rings. The van der Waals surface area contributed by atoms with Crippen LogP contribution in [0.1, 0.15) is 103 Å². The molecule has 3 heteroatoms. The van der Waals surface area contributed by atoms with Gasteiger partial charge in [-0.05, 0) is 50.5 Å². The van der Waals surface area contributed by atoms with E-state index in [1.807, 2.05) is 0 Å². The summed E-state index contributed by atoms with van der Waals surface area (Å²) in [5.74, 6) is 0. The van der Waals surface area contributed by atoms with Gasteiger partial charge in [0, 0.05) is 6.54 Å². The molecule has 0 unspecified atom stereocenters. The zero-order valence-corrected chi connectivity index (χ0v) is 15.0. The van der Waals surface area contributed by atoms with Crippen molar-refractivity contribution < 1.29 is 4.70 Å². The second kappa shape index (κ2) is 13.6. The highest BCUT2D eigenvalue weighted by molar-refractivity contribution is 5.99. The lowest BCUT2D eigenvalue weighted by molar-refractivity contribution is 0.586. The Hall–Kier alpha value is -0.860. The van der Waals surface area contributed by atoms with Crippen LogP contribution in [0.15, 0.2) is 16.8 Å². The highest BCUT2D eigenvalue weighted by Crippen LogP contribution is 2.20. The molecule has 0 saturated heterocycles. The van der Waals surface area contributed by atoms with Crippen molar-refractivity contribution in [2.75, 3.05) is 6.54 Å². The van der Waals surface area contributed by atoms with Crippen LogP contribution in [-0.2, 0) is 0 Å². The second-order valence-corrected chi connectivity index (χ2v) is 7.08. The molecule has 0 atom stereocenters. The maximum Gasteiger partial charge on any atom is 0.0631 e. The third-order valence-electron chi connectivity index (χ3n) is 5.08. The Morgan fingerprint density at radius 1 is 0.652 bits per heavy atom. The van der Waals surface area contributed by atoms with E-state index in [4.69, 9.17) is 5.10 Å². The largest absolute Gasteiger partial charge is 0.310 e. The van der Waals surface area contributed by atoms with Gasteiger partial charge in [0.2, 0.25) is 0 Å². The van der Waals surface area contributed by atoms with Crippen LogP contribution >= 0.6 is 0 Å². The van der Waals surface area contributed by atoms with Crippen molar-refractivity contribution in [2.24, 2.45) is 5.10 Å². The van der Waals surface area contributed by atoms with E-state index in [9.17, 15) is 0 Å². The van der Waals surface area contributed by atoms with Gasteiger partial charge in [0.05, 0.1) is 5.71 Å². The van der Waals surface area contributed by atoms with E-state index in [2.05, 4.69) is 11.5 Å². The minimum absolute atomic E-state index is 0. The summed E-state index contributed by atoms with van der Waals surface area (Å²) in [6.07, 6.45) is 24.2. The molecule has 0 saturated carbocycles. The molecule has 1 N–H and O–H groups in total. The molecule has 2 rings (SSSR count). The lowest BCUT2D eigenvalue weighted by Crippen LogP contribution is -2.14. The van der Waals surface area contributed by atoms with Gasteiger partial charge in [-0.15, -0.1) is 0 Å². The van der Waals surface area contributed by atoms with Gasteiger partial charge in [0.15, 0.2) is 0 Å². The van der Waals surface area contributed by atoms with Gasteiger partial charge in [-0.3, -0.25) is 4.70 Å². The number of nitrogens with zero attached hydrogens (tertiary/aromatic N) is 1. The fraction of sp³-hybridized carbons (Fsp3) is 0.850. The number of allylic oxidation sites excluding steroid dienone is 2. The lowest BCUT2D eigenvalue weighted by atomic mass is 9.97. The summed E-state index contributed by atoms with van der Waals surface area (Å²) in [4.78, 5) is 0. The normalized spacial score (nSPS) is 23.0.